The minimum absolute atomic E-state index is 0.173. The van der Waals surface area contributed by atoms with Crippen molar-refractivity contribution in [3.8, 4) is 0 Å². The highest BCUT2D eigenvalue weighted by Crippen LogP contribution is 2.25. The Bertz CT molecular complexity index is 428. The number of hydrogen-bond acceptors (Lipinski definition) is 4. The number of non-ortho nitro benzene ring substituents is 1. The van der Waals surface area contributed by atoms with Gasteiger partial charge in [0.25, 0.3) is 5.69 Å². The number of piperidine rings is 1. The van der Waals surface area contributed by atoms with Crippen molar-refractivity contribution < 1.29 is 4.92 Å². The summed E-state index contributed by atoms with van der Waals surface area (Å²) >= 11 is 0. The summed E-state index contributed by atoms with van der Waals surface area (Å²) in [7, 11) is 0. The van der Waals surface area contributed by atoms with Gasteiger partial charge in [0.1, 0.15) is 0 Å². The molecule has 1 fully saturated rings. The van der Waals surface area contributed by atoms with Crippen LogP contribution in [0.1, 0.15) is 19.8 Å². The van der Waals surface area contributed by atoms with Crippen molar-refractivity contribution in [3.05, 3.63) is 34.4 Å². The Kier molecular flexibility index (Phi) is 4.74. The summed E-state index contributed by atoms with van der Waals surface area (Å²) in [5.74, 6) is 0.731. The third-order valence-electron chi connectivity index (χ3n) is 3.70. The number of hydrogen-bond donors (Lipinski definition) is 1. The first-order chi connectivity index (χ1) is 9.20. The maximum Gasteiger partial charge on any atom is 0.271 e. The molecule has 104 valence electrons. The highest BCUT2D eigenvalue weighted by molar-refractivity contribution is 5.53. The van der Waals surface area contributed by atoms with E-state index in [1.54, 1.807) is 18.2 Å². The van der Waals surface area contributed by atoms with Gasteiger partial charge >= 0.3 is 0 Å². The first-order valence-corrected chi connectivity index (χ1v) is 6.91. The van der Waals surface area contributed by atoms with Gasteiger partial charge in [-0.05, 0) is 37.9 Å². The normalized spacial score (nSPS) is 16.6. The third-order valence-corrected chi connectivity index (χ3v) is 3.70. The lowest BCUT2D eigenvalue weighted by Crippen LogP contribution is -2.37. The zero-order chi connectivity index (χ0) is 13.7. The van der Waals surface area contributed by atoms with Crippen LogP contribution in [0.3, 0.4) is 0 Å². The molecule has 1 N–H and O–H groups in total. The SMILES string of the molecule is CCNCC1CCN(c2cccc([N+](=O)[O-])c2)CC1. The van der Waals surface area contributed by atoms with E-state index in [4.69, 9.17) is 0 Å². The van der Waals surface area contributed by atoms with E-state index in [9.17, 15) is 10.1 Å². The maximum absolute atomic E-state index is 10.8. The van der Waals surface area contributed by atoms with Crippen molar-refractivity contribution in [1.82, 2.24) is 5.32 Å². The van der Waals surface area contributed by atoms with Crippen LogP contribution in [0, 0.1) is 16.0 Å². The smallest absolute Gasteiger partial charge is 0.271 e. The molecule has 2 rings (SSSR count). The molecule has 0 saturated carbocycles. The minimum atomic E-state index is -0.332. The summed E-state index contributed by atoms with van der Waals surface area (Å²) in [5.41, 5.74) is 1.14. The second-order valence-corrected chi connectivity index (χ2v) is 5.02. The molecule has 1 heterocycles. The van der Waals surface area contributed by atoms with Gasteiger partial charge in [-0.2, -0.15) is 0 Å². The molecular weight excluding hydrogens is 242 g/mol. The molecule has 1 aliphatic rings. The van der Waals surface area contributed by atoms with Crippen molar-refractivity contribution in [1.29, 1.82) is 0 Å². The molecule has 0 spiro atoms. The van der Waals surface area contributed by atoms with Gasteiger partial charge < -0.3 is 10.2 Å². The summed E-state index contributed by atoms with van der Waals surface area (Å²) in [6, 6.07) is 6.93. The van der Waals surface area contributed by atoms with E-state index in [2.05, 4.69) is 17.1 Å². The number of nitrogens with one attached hydrogen (secondary N) is 1. The van der Waals surface area contributed by atoms with Gasteiger partial charge in [-0.3, -0.25) is 10.1 Å². The lowest BCUT2D eigenvalue weighted by molar-refractivity contribution is -0.384. The Balaban J connectivity index is 1.94. The Hall–Kier alpha value is -1.62. The molecule has 0 radical (unpaired) electrons. The fraction of sp³-hybridized carbons (Fsp3) is 0.571. The van der Waals surface area contributed by atoms with Crippen LogP contribution >= 0.6 is 0 Å². The molecule has 19 heavy (non-hydrogen) atoms. The number of nitro benzene ring substituents is 1. The van der Waals surface area contributed by atoms with Crippen LogP contribution in [0.2, 0.25) is 0 Å². The third kappa shape index (κ3) is 3.67. The van der Waals surface area contributed by atoms with Gasteiger partial charge in [0.15, 0.2) is 0 Å². The number of benzene rings is 1. The van der Waals surface area contributed by atoms with Crippen LogP contribution in [0.25, 0.3) is 0 Å². The predicted molar refractivity (Wildman–Crippen MR) is 76.6 cm³/mol. The van der Waals surface area contributed by atoms with Crippen molar-refractivity contribution in [2.45, 2.75) is 19.8 Å². The lowest BCUT2D eigenvalue weighted by atomic mass is 9.96. The fourth-order valence-electron chi connectivity index (χ4n) is 2.55. The van der Waals surface area contributed by atoms with Crippen LogP contribution in [-0.4, -0.2) is 31.1 Å². The van der Waals surface area contributed by atoms with Crippen molar-refractivity contribution in [2.24, 2.45) is 5.92 Å². The largest absolute Gasteiger partial charge is 0.371 e. The average molecular weight is 263 g/mol. The molecule has 0 aromatic heterocycles. The maximum atomic E-state index is 10.8. The molecule has 1 aliphatic heterocycles. The zero-order valence-electron chi connectivity index (χ0n) is 11.3. The highest BCUT2D eigenvalue weighted by atomic mass is 16.6. The molecule has 5 nitrogen and oxygen atoms in total. The van der Waals surface area contributed by atoms with E-state index >= 15 is 0 Å². The number of nitrogens with zero attached hydrogens (tertiary/aromatic N) is 2. The van der Waals surface area contributed by atoms with E-state index < -0.39 is 0 Å². The summed E-state index contributed by atoms with van der Waals surface area (Å²) in [6.07, 6.45) is 2.30. The zero-order valence-corrected chi connectivity index (χ0v) is 11.3. The second kappa shape index (κ2) is 6.52. The van der Waals surface area contributed by atoms with Gasteiger partial charge in [0.2, 0.25) is 0 Å². The summed E-state index contributed by atoms with van der Waals surface area (Å²) in [4.78, 5) is 12.7. The first-order valence-electron chi connectivity index (χ1n) is 6.91. The fourth-order valence-corrected chi connectivity index (χ4v) is 2.55. The molecule has 0 aliphatic carbocycles. The van der Waals surface area contributed by atoms with Gasteiger partial charge in [0.05, 0.1) is 4.92 Å². The Labute approximate surface area is 113 Å². The Morgan fingerprint density at radius 2 is 2.16 bits per heavy atom. The molecule has 1 aromatic rings. The summed E-state index contributed by atoms with van der Waals surface area (Å²) in [6.45, 7) is 6.19. The molecule has 5 heteroatoms. The first kappa shape index (κ1) is 13.8. The average Bonchev–Trinajstić information content (AvgIpc) is 2.46. The molecule has 0 unspecified atom stereocenters. The molecule has 1 aromatic carbocycles. The van der Waals surface area contributed by atoms with Crippen molar-refractivity contribution in [3.63, 3.8) is 0 Å². The minimum Gasteiger partial charge on any atom is -0.371 e. The standard InChI is InChI=1S/C14H21N3O2/c1-2-15-11-12-6-8-16(9-7-12)13-4-3-5-14(10-13)17(18)19/h3-5,10,12,15H,2,6-9,11H2,1H3. The molecular formula is C14H21N3O2. The van der Waals surface area contributed by atoms with E-state index in [-0.39, 0.29) is 10.6 Å². The number of anilines is 1. The van der Waals surface area contributed by atoms with Crippen LogP contribution in [0.4, 0.5) is 11.4 Å². The topological polar surface area (TPSA) is 58.4 Å². The predicted octanol–water partition coefficient (Wildman–Crippen LogP) is 2.42. The van der Waals surface area contributed by atoms with Crippen LogP contribution in [0.5, 0.6) is 0 Å². The molecule has 0 bridgehead atoms. The monoisotopic (exact) mass is 263 g/mol. The highest BCUT2D eigenvalue weighted by Gasteiger charge is 2.20. The van der Waals surface area contributed by atoms with E-state index in [1.165, 1.54) is 0 Å². The molecule has 1 saturated heterocycles. The van der Waals surface area contributed by atoms with Gasteiger partial charge in [-0.1, -0.05) is 13.0 Å². The van der Waals surface area contributed by atoms with E-state index in [0.29, 0.717) is 0 Å². The van der Waals surface area contributed by atoms with Crippen molar-refractivity contribution in [2.75, 3.05) is 31.1 Å². The van der Waals surface area contributed by atoms with E-state index in [1.807, 2.05) is 6.07 Å². The summed E-state index contributed by atoms with van der Waals surface area (Å²) < 4.78 is 0. The Morgan fingerprint density at radius 1 is 1.42 bits per heavy atom. The van der Waals surface area contributed by atoms with Crippen LogP contribution in [-0.2, 0) is 0 Å². The summed E-state index contributed by atoms with van der Waals surface area (Å²) in [5, 5.41) is 14.2. The Morgan fingerprint density at radius 3 is 2.79 bits per heavy atom. The molecule has 0 amide bonds. The van der Waals surface area contributed by atoms with Gasteiger partial charge in [-0.15, -0.1) is 0 Å². The lowest BCUT2D eigenvalue weighted by Gasteiger charge is -2.33. The van der Waals surface area contributed by atoms with E-state index in [0.717, 1.165) is 50.6 Å². The molecule has 0 atom stereocenters. The number of nitro groups is 1. The van der Waals surface area contributed by atoms with Crippen LogP contribution in [0.15, 0.2) is 24.3 Å². The van der Waals surface area contributed by atoms with Crippen molar-refractivity contribution >= 4 is 11.4 Å². The van der Waals surface area contributed by atoms with Crippen LogP contribution < -0.4 is 10.2 Å². The van der Waals surface area contributed by atoms with Gasteiger partial charge in [-0.25, -0.2) is 0 Å². The quantitative estimate of drug-likeness (QED) is 0.654. The second-order valence-electron chi connectivity index (χ2n) is 5.02. The van der Waals surface area contributed by atoms with Gasteiger partial charge in [0, 0.05) is 30.9 Å². The number of rotatable bonds is 5.